The summed E-state index contributed by atoms with van der Waals surface area (Å²) in [6.07, 6.45) is 1.17. The molecule has 9 heteroatoms. The molecule has 0 amide bonds. The van der Waals surface area contributed by atoms with Crippen molar-refractivity contribution >= 4 is 22.8 Å². The van der Waals surface area contributed by atoms with E-state index in [1.807, 2.05) is 24.3 Å². The zero-order valence-electron chi connectivity index (χ0n) is 21.9. The van der Waals surface area contributed by atoms with Gasteiger partial charge in [0.05, 0.1) is 44.1 Å². The molecule has 5 heterocycles. The number of nitrogens with zero attached hydrogens (tertiary/aromatic N) is 6. The molecule has 0 saturated carbocycles. The molecule has 2 unspecified atom stereocenters. The maximum atomic E-state index is 9.81. The zero-order valence-corrected chi connectivity index (χ0v) is 21.9. The van der Waals surface area contributed by atoms with E-state index in [0.717, 1.165) is 66.1 Å². The number of pyridine rings is 1. The van der Waals surface area contributed by atoms with Crippen LogP contribution in [0.25, 0.3) is 22.3 Å². The van der Waals surface area contributed by atoms with Crippen molar-refractivity contribution in [3.8, 4) is 17.0 Å². The van der Waals surface area contributed by atoms with E-state index in [2.05, 4.69) is 34.7 Å². The van der Waals surface area contributed by atoms with Crippen LogP contribution >= 0.6 is 0 Å². The van der Waals surface area contributed by atoms with Gasteiger partial charge in [0.25, 0.3) is 0 Å². The number of methoxy groups -OCH3 is 1. The number of rotatable bonds is 5. The van der Waals surface area contributed by atoms with Gasteiger partial charge in [-0.05, 0) is 62.6 Å². The summed E-state index contributed by atoms with van der Waals surface area (Å²) in [6.45, 7) is 8.53. The Morgan fingerprint density at radius 3 is 2.73 bits per heavy atom. The lowest BCUT2D eigenvalue weighted by Crippen LogP contribution is -2.45. The number of aliphatic hydroxyl groups excluding tert-OH is 1. The maximum absolute atomic E-state index is 9.81. The number of anilines is 2. The summed E-state index contributed by atoms with van der Waals surface area (Å²) < 4.78 is 11.1. The average Bonchev–Trinajstić information content (AvgIpc) is 3.31. The minimum Gasteiger partial charge on any atom is -0.496 e. The third kappa shape index (κ3) is 4.60. The van der Waals surface area contributed by atoms with Crippen LogP contribution in [0.5, 0.6) is 5.75 Å². The van der Waals surface area contributed by atoms with Gasteiger partial charge >= 0.3 is 0 Å². The van der Waals surface area contributed by atoms with Gasteiger partial charge < -0.3 is 29.3 Å². The quantitative estimate of drug-likeness (QED) is 0.564. The Morgan fingerprint density at radius 1 is 1.05 bits per heavy atom. The Kier molecular flexibility index (Phi) is 6.60. The van der Waals surface area contributed by atoms with E-state index in [-0.39, 0.29) is 12.6 Å². The molecule has 37 heavy (non-hydrogen) atoms. The van der Waals surface area contributed by atoms with Crippen molar-refractivity contribution in [1.29, 1.82) is 0 Å². The number of ether oxygens (including phenoxy) is 2. The van der Waals surface area contributed by atoms with Crippen LogP contribution in [0, 0.1) is 11.8 Å². The number of fused-ring (bicyclic) bond motifs is 2. The number of benzene rings is 1. The Bertz CT molecular complexity index is 1290. The summed E-state index contributed by atoms with van der Waals surface area (Å²) in [5.41, 5.74) is 3.16. The third-order valence-corrected chi connectivity index (χ3v) is 8.18. The van der Waals surface area contributed by atoms with Gasteiger partial charge in [-0.2, -0.15) is 9.97 Å². The lowest BCUT2D eigenvalue weighted by atomic mass is 9.89. The minimum atomic E-state index is -0.0950. The molecule has 3 aliphatic rings. The SMILES string of the molecule is COc1ccc(-c2ccc3c(N4CCOC[C@@H]4C)nc(N4CCC5CN(C)CC5C4)nc3n2)cc1CO. The third-order valence-electron chi connectivity index (χ3n) is 8.18. The predicted molar refractivity (Wildman–Crippen MR) is 144 cm³/mol. The smallest absolute Gasteiger partial charge is 0.229 e. The first kappa shape index (κ1) is 24.3. The number of morpholine rings is 1. The topological polar surface area (TPSA) is 87.1 Å². The number of piperidine rings is 1. The summed E-state index contributed by atoms with van der Waals surface area (Å²) in [7, 11) is 3.83. The molecular formula is C28H36N6O3. The summed E-state index contributed by atoms with van der Waals surface area (Å²) in [5, 5.41) is 10.8. The van der Waals surface area contributed by atoms with Crippen LogP contribution in [0.3, 0.4) is 0 Å². The molecule has 3 fully saturated rings. The van der Waals surface area contributed by atoms with Crippen molar-refractivity contribution in [2.45, 2.75) is 26.0 Å². The molecule has 3 aliphatic heterocycles. The van der Waals surface area contributed by atoms with Crippen molar-refractivity contribution < 1.29 is 14.6 Å². The van der Waals surface area contributed by atoms with Crippen molar-refractivity contribution in [3.63, 3.8) is 0 Å². The highest BCUT2D eigenvalue weighted by Crippen LogP contribution is 2.35. The Hall–Kier alpha value is -3.01. The first-order valence-electron chi connectivity index (χ1n) is 13.3. The van der Waals surface area contributed by atoms with Crippen LogP contribution in [0.1, 0.15) is 18.9 Å². The fraction of sp³-hybridized carbons (Fsp3) is 0.536. The summed E-state index contributed by atoms with van der Waals surface area (Å²) >= 11 is 0. The van der Waals surface area contributed by atoms with Crippen molar-refractivity contribution in [2.24, 2.45) is 11.8 Å². The number of aliphatic hydroxyl groups is 1. The molecular weight excluding hydrogens is 468 g/mol. The zero-order chi connectivity index (χ0) is 25.5. The molecule has 3 saturated heterocycles. The first-order chi connectivity index (χ1) is 18.0. The minimum absolute atomic E-state index is 0.0950. The van der Waals surface area contributed by atoms with Crippen LogP contribution in [-0.4, -0.2) is 91.1 Å². The van der Waals surface area contributed by atoms with Crippen molar-refractivity contribution in [2.75, 3.05) is 69.9 Å². The number of aromatic nitrogens is 3. The molecule has 3 aromatic rings. The Labute approximate surface area is 218 Å². The lowest BCUT2D eigenvalue weighted by Gasteiger charge is -2.37. The van der Waals surface area contributed by atoms with Crippen LogP contribution in [0.4, 0.5) is 11.8 Å². The fourth-order valence-corrected chi connectivity index (χ4v) is 6.19. The highest BCUT2D eigenvalue weighted by Gasteiger charge is 2.36. The largest absolute Gasteiger partial charge is 0.496 e. The van der Waals surface area contributed by atoms with Gasteiger partial charge in [0.2, 0.25) is 5.95 Å². The van der Waals surface area contributed by atoms with E-state index in [0.29, 0.717) is 30.5 Å². The first-order valence-corrected chi connectivity index (χ1v) is 13.3. The van der Waals surface area contributed by atoms with Gasteiger partial charge in [-0.1, -0.05) is 0 Å². The molecule has 0 bridgehead atoms. The molecule has 2 aromatic heterocycles. The van der Waals surface area contributed by atoms with Crippen LogP contribution in [0.15, 0.2) is 30.3 Å². The van der Waals surface area contributed by atoms with Crippen molar-refractivity contribution in [1.82, 2.24) is 19.9 Å². The number of hydrogen-bond acceptors (Lipinski definition) is 9. The maximum Gasteiger partial charge on any atom is 0.229 e. The second-order valence-corrected chi connectivity index (χ2v) is 10.7. The molecule has 0 spiro atoms. The van der Waals surface area contributed by atoms with Crippen LogP contribution in [-0.2, 0) is 11.3 Å². The summed E-state index contributed by atoms with van der Waals surface area (Å²) in [6, 6.07) is 10.1. The fourth-order valence-electron chi connectivity index (χ4n) is 6.19. The molecule has 9 nitrogen and oxygen atoms in total. The van der Waals surface area contributed by atoms with E-state index >= 15 is 0 Å². The van der Waals surface area contributed by atoms with Gasteiger partial charge in [-0.25, -0.2) is 4.98 Å². The van der Waals surface area contributed by atoms with Gasteiger partial charge in [-0.15, -0.1) is 0 Å². The second kappa shape index (κ2) is 10.0. The number of likely N-dealkylation sites (tertiary alicyclic amines) is 1. The normalized spacial score (nSPS) is 24.5. The monoisotopic (exact) mass is 504 g/mol. The van der Waals surface area contributed by atoms with Crippen LogP contribution < -0.4 is 14.5 Å². The highest BCUT2D eigenvalue weighted by molar-refractivity contribution is 5.90. The predicted octanol–water partition coefficient (Wildman–Crippen LogP) is 2.81. The van der Waals surface area contributed by atoms with E-state index < -0.39 is 0 Å². The average molecular weight is 505 g/mol. The van der Waals surface area contributed by atoms with Gasteiger partial charge in [0, 0.05) is 43.9 Å². The van der Waals surface area contributed by atoms with Crippen molar-refractivity contribution in [3.05, 3.63) is 35.9 Å². The van der Waals surface area contributed by atoms with E-state index in [1.165, 1.54) is 13.0 Å². The molecule has 6 rings (SSSR count). The van der Waals surface area contributed by atoms with Crippen LogP contribution in [0.2, 0.25) is 0 Å². The van der Waals surface area contributed by atoms with Gasteiger partial charge in [-0.3, -0.25) is 0 Å². The summed E-state index contributed by atoms with van der Waals surface area (Å²) in [4.78, 5) is 22.4. The Balaban J connectivity index is 1.43. The number of hydrogen-bond donors (Lipinski definition) is 1. The molecule has 1 aromatic carbocycles. The molecule has 0 aliphatic carbocycles. The standard InChI is InChI=1S/C28H36N6O3/c1-18-17-37-11-10-34(18)27-23-5-6-24(19-4-7-25(36-3)21(12-19)16-35)29-26(23)30-28(31-27)33-9-8-20-13-32(2)14-22(20)15-33/h4-7,12,18,20,22,35H,8-11,13-17H2,1-3H3/t18-,20?,22?/m0/s1. The lowest BCUT2D eigenvalue weighted by molar-refractivity contribution is 0.0987. The summed E-state index contributed by atoms with van der Waals surface area (Å²) in [5.74, 6) is 3.79. The Morgan fingerprint density at radius 2 is 1.92 bits per heavy atom. The molecule has 3 atom stereocenters. The van der Waals surface area contributed by atoms with E-state index in [9.17, 15) is 5.11 Å². The molecule has 196 valence electrons. The molecule has 1 N–H and O–H groups in total. The van der Waals surface area contributed by atoms with Gasteiger partial charge in [0.15, 0.2) is 5.65 Å². The second-order valence-electron chi connectivity index (χ2n) is 10.7. The van der Waals surface area contributed by atoms with E-state index in [1.54, 1.807) is 7.11 Å². The van der Waals surface area contributed by atoms with E-state index in [4.69, 9.17) is 24.4 Å². The highest BCUT2D eigenvalue weighted by atomic mass is 16.5. The van der Waals surface area contributed by atoms with Gasteiger partial charge in [0.1, 0.15) is 11.6 Å². The molecule has 0 radical (unpaired) electrons.